The largest absolute Gasteiger partial charge is 0.367 e. The smallest absolute Gasteiger partial charge is 0.0947 e. The number of ether oxygens (including phenoxy) is 2. The molecule has 0 aromatic heterocycles. The average molecular weight is 174 g/mol. The fourth-order valence-electron chi connectivity index (χ4n) is 0.415. The van der Waals surface area contributed by atoms with Gasteiger partial charge < -0.3 is 9.47 Å². The molecule has 0 aromatic carbocycles. The van der Waals surface area contributed by atoms with Crippen molar-refractivity contribution in [3.05, 3.63) is 25.3 Å². The van der Waals surface area contributed by atoms with Crippen LogP contribution in [0.25, 0.3) is 0 Å². The number of hydrogen-bond donors (Lipinski definition) is 0. The molecular formula is C8H14O2S. The van der Waals surface area contributed by atoms with E-state index in [-0.39, 0.29) is 0 Å². The van der Waals surface area contributed by atoms with Gasteiger partial charge in [0.15, 0.2) is 0 Å². The zero-order valence-electron chi connectivity index (χ0n) is 6.62. The quantitative estimate of drug-likeness (QED) is 0.319. The lowest BCUT2D eigenvalue weighted by atomic mass is 10.7. The summed E-state index contributed by atoms with van der Waals surface area (Å²) in [6.45, 7) is 8.27. The van der Waals surface area contributed by atoms with Gasteiger partial charge in [0.25, 0.3) is 0 Å². The van der Waals surface area contributed by atoms with E-state index in [1.807, 2.05) is 0 Å². The molecule has 0 bridgehead atoms. The summed E-state index contributed by atoms with van der Waals surface area (Å²) >= 11 is 1.59. The van der Waals surface area contributed by atoms with E-state index in [1.165, 1.54) is 0 Å². The molecule has 0 saturated carbocycles. The molecule has 3 heteroatoms. The van der Waals surface area contributed by atoms with Crippen LogP contribution in [0.2, 0.25) is 0 Å². The molecule has 0 amide bonds. The molecule has 0 aromatic rings. The van der Waals surface area contributed by atoms with Crippen LogP contribution in [0.1, 0.15) is 0 Å². The summed E-state index contributed by atoms with van der Waals surface area (Å²) in [5.41, 5.74) is 0. The molecule has 0 aliphatic heterocycles. The zero-order valence-corrected chi connectivity index (χ0v) is 7.44. The molecule has 11 heavy (non-hydrogen) atoms. The van der Waals surface area contributed by atoms with E-state index in [4.69, 9.17) is 9.47 Å². The molecule has 0 saturated heterocycles. The number of hydrogen-bond acceptors (Lipinski definition) is 3. The lowest BCUT2D eigenvalue weighted by Gasteiger charge is -2.00. The van der Waals surface area contributed by atoms with Crippen LogP contribution >= 0.6 is 11.8 Å². The second kappa shape index (κ2) is 9.75. The maximum Gasteiger partial charge on any atom is 0.0947 e. The first-order valence-corrected chi connectivity index (χ1v) is 4.52. The Kier molecular flexibility index (Phi) is 9.53. The van der Waals surface area contributed by atoms with Crippen molar-refractivity contribution in [1.29, 1.82) is 0 Å². The second-order valence-electron chi connectivity index (χ2n) is 1.76. The van der Waals surface area contributed by atoms with Crippen molar-refractivity contribution in [2.24, 2.45) is 0 Å². The Morgan fingerprint density at radius 1 is 1.00 bits per heavy atom. The predicted octanol–water partition coefficient (Wildman–Crippen LogP) is 2.04. The SMILES string of the molecule is C=CCOCSCOCC=C. The summed E-state index contributed by atoms with van der Waals surface area (Å²) in [5, 5.41) is 0. The molecule has 0 heterocycles. The monoisotopic (exact) mass is 174 g/mol. The van der Waals surface area contributed by atoms with E-state index >= 15 is 0 Å². The molecule has 0 rings (SSSR count). The normalized spacial score (nSPS) is 9.45. The minimum atomic E-state index is 0.606. The Balaban J connectivity index is 2.79. The summed E-state index contributed by atoms with van der Waals surface area (Å²) in [6, 6.07) is 0. The van der Waals surface area contributed by atoms with Gasteiger partial charge in [0, 0.05) is 0 Å². The molecule has 2 nitrogen and oxygen atoms in total. The molecule has 0 unspecified atom stereocenters. The van der Waals surface area contributed by atoms with Gasteiger partial charge in [-0.2, -0.15) is 0 Å². The van der Waals surface area contributed by atoms with Crippen molar-refractivity contribution in [2.45, 2.75) is 0 Å². The standard InChI is InChI=1S/C8H14O2S/c1-3-5-9-7-11-8-10-6-4-2/h3-4H,1-2,5-8H2. The minimum absolute atomic E-state index is 0.606. The summed E-state index contributed by atoms with van der Waals surface area (Å²) < 4.78 is 10.2. The average Bonchev–Trinajstić information content (AvgIpc) is 2.03. The molecule has 0 radical (unpaired) electrons. The van der Waals surface area contributed by atoms with Crippen LogP contribution in [0.3, 0.4) is 0 Å². The highest BCUT2D eigenvalue weighted by atomic mass is 32.2. The van der Waals surface area contributed by atoms with Crippen LogP contribution in [0.4, 0.5) is 0 Å². The third-order valence-electron chi connectivity index (χ3n) is 0.805. The lowest BCUT2D eigenvalue weighted by molar-refractivity contribution is 0.200. The van der Waals surface area contributed by atoms with Crippen LogP contribution in [0.5, 0.6) is 0 Å². The molecule has 0 N–H and O–H groups in total. The van der Waals surface area contributed by atoms with Crippen molar-refractivity contribution in [1.82, 2.24) is 0 Å². The van der Waals surface area contributed by atoms with Gasteiger partial charge in [0.1, 0.15) is 0 Å². The van der Waals surface area contributed by atoms with Crippen LogP contribution in [-0.4, -0.2) is 25.1 Å². The maximum atomic E-state index is 5.10. The van der Waals surface area contributed by atoms with Crippen molar-refractivity contribution >= 4 is 11.8 Å². The molecule has 64 valence electrons. The van der Waals surface area contributed by atoms with Crippen molar-refractivity contribution in [2.75, 3.05) is 25.1 Å². The van der Waals surface area contributed by atoms with E-state index in [1.54, 1.807) is 23.9 Å². The van der Waals surface area contributed by atoms with Crippen LogP contribution in [0, 0.1) is 0 Å². The first-order chi connectivity index (χ1) is 5.41. The molecule has 0 atom stereocenters. The van der Waals surface area contributed by atoms with Gasteiger partial charge in [-0.15, -0.1) is 24.9 Å². The van der Waals surface area contributed by atoms with E-state index in [9.17, 15) is 0 Å². The Bertz CT molecular complexity index is 92.3. The van der Waals surface area contributed by atoms with E-state index in [0.29, 0.717) is 25.1 Å². The summed E-state index contributed by atoms with van der Waals surface area (Å²) in [7, 11) is 0. The van der Waals surface area contributed by atoms with Crippen molar-refractivity contribution < 1.29 is 9.47 Å². The minimum Gasteiger partial charge on any atom is -0.367 e. The first kappa shape index (κ1) is 10.8. The fourth-order valence-corrected chi connectivity index (χ4v) is 0.911. The summed E-state index contributed by atoms with van der Waals surface area (Å²) in [4.78, 5) is 0. The van der Waals surface area contributed by atoms with Gasteiger partial charge in [0.05, 0.1) is 25.1 Å². The highest BCUT2D eigenvalue weighted by molar-refractivity contribution is 7.98. The Morgan fingerprint density at radius 3 is 1.82 bits per heavy atom. The van der Waals surface area contributed by atoms with E-state index in [0.717, 1.165) is 0 Å². The van der Waals surface area contributed by atoms with E-state index in [2.05, 4.69) is 13.2 Å². The Labute approximate surface area is 72.3 Å². The van der Waals surface area contributed by atoms with Crippen LogP contribution in [-0.2, 0) is 9.47 Å². The highest BCUT2D eigenvalue weighted by Gasteiger charge is 1.85. The highest BCUT2D eigenvalue weighted by Crippen LogP contribution is 2.00. The van der Waals surface area contributed by atoms with Crippen molar-refractivity contribution in [3.63, 3.8) is 0 Å². The third kappa shape index (κ3) is 9.75. The molecule has 0 fully saturated rings. The van der Waals surface area contributed by atoms with Gasteiger partial charge in [-0.3, -0.25) is 0 Å². The van der Waals surface area contributed by atoms with Gasteiger partial charge in [0.2, 0.25) is 0 Å². The summed E-state index contributed by atoms with van der Waals surface area (Å²) in [6.07, 6.45) is 3.45. The maximum absolute atomic E-state index is 5.10. The zero-order chi connectivity index (χ0) is 8.36. The Morgan fingerprint density at radius 2 is 1.45 bits per heavy atom. The van der Waals surface area contributed by atoms with Gasteiger partial charge in [-0.05, 0) is 0 Å². The summed E-state index contributed by atoms with van der Waals surface area (Å²) in [5.74, 6) is 1.31. The molecule has 0 aliphatic rings. The van der Waals surface area contributed by atoms with E-state index < -0.39 is 0 Å². The molecule has 0 aliphatic carbocycles. The van der Waals surface area contributed by atoms with Crippen LogP contribution < -0.4 is 0 Å². The van der Waals surface area contributed by atoms with Crippen molar-refractivity contribution in [3.8, 4) is 0 Å². The number of rotatable bonds is 8. The van der Waals surface area contributed by atoms with Gasteiger partial charge >= 0.3 is 0 Å². The van der Waals surface area contributed by atoms with Crippen LogP contribution in [0.15, 0.2) is 25.3 Å². The van der Waals surface area contributed by atoms with Gasteiger partial charge in [-0.25, -0.2) is 0 Å². The topological polar surface area (TPSA) is 18.5 Å². The molecular weight excluding hydrogens is 160 g/mol. The molecule has 0 spiro atoms. The Hall–Kier alpha value is -0.250. The second-order valence-corrected chi connectivity index (χ2v) is 2.64. The predicted molar refractivity (Wildman–Crippen MR) is 49.6 cm³/mol. The fraction of sp³-hybridized carbons (Fsp3) is 0.500. The first-order valence-electron chi connectivity index (χ1n) is 3.37. The van der Waals surface area contributed by atoms with Gasteiger partial charge in [-0.1, -0.05) is 12.2 Å². The number of thioether (sulfide) groups is 1. The lowest BCUT2D eigenvalue weighted by Crippen LogP contribution is -1.94. The third-order valence-corrected chi connectivity index (χ3v) is 1.47.